The lowest BCUT2D eigenvalue weighted by Crippen LogP contribution is -2.47. The Morgan fingerprint density at radius 2 is 1.95 bits per heavy atom. The van der Waals surface area contributed by atoms with Crippen LogP contribution < -0.4 is 10.6 Å². The van der Waals surface area contributed by atoms with Crippen molar-refractivity contribution in [1.82, 2.24) is 10.6 Å². The summed E-state index contributed by atoms with van der Waals surface area (Å²) in [6, 6.07) is 2.00. The Hall–Kier alpha value is -1.27. The molecular weight excluding hydrogens is 300 g/mol. The predicted octanol–water partition coefficient (Wildman–Crippen LogP) is 3.26. The molecule has 2 unspecified atom stereocenters. The van der Waals surface area contributed by atoms with Crippen LogP contribution in [0.4, 0.5) is 4.79 Å². The Balaban J connectivity index is 2.55. The predicted molar refractivity (Wildman–Crippen MR) is 80.3 cm³/mol. The number of thiophene rings is 1. The van der Waals surface area contributed by atoms with Crippen molar-refractivity contribution in [2.45, 2.75) is 39.3 Å². The highest BCUT2D eigenvalue weighted by molar-refractivity contribution is 7.16. The molecule has 112 valence electrons. The van der Waals surface area contributed by atoms with Gasteiger partial charge in [-0.1, -0.05) is 25.4 Å². The smallest absolute Gasteiger partial charge is 0.326 e. The number of nitrogens with one attached hydrogen (secondary N) is 2. The second-order valence-electron chi connectivity index (χ2n) is 5.00. The van der Waals surface area contributed by atoms with Crippen molar-refractivity contribution in [2.24, 2.45) is 5.92 Å². The zero-order valence-electron chi connectivity index (χ0n) is 11.6. The average Bonchev–Trinajstić information content (AvgIpc) is 2.74. The molecule has 2 atom stereocenters. The van der Waals surface area contributed by atoms with E-state index in [9.17, 15) is 9.59 Å². The number of hydrogen-bond donors (Lipinski definition) is 3. The van der Waals surface area contributed by atoms with Crippen LogP contribution in [0.3, 0.4) is 0 Å². The van der Waals surface area contributed by atoms with Gasteiger partial charge < -0.3 is 15.7 Å². The molecule has 3 N–H and O–H groups in total. The first-order valence-corrected chi connectivity index (χ1v) is 7.54. The Labute approximate surface area is 127 Å². The quantitative estimate of drug-likeness (QED) is 0.753. The number of aliphatic carboxylic acids is 1. The lowest BCUT2D eigenvalue weighted by Gasteiger charge is -2.19. The van der Waals surface area contributed by atoms with E-state index < -0.39 is 18.0 Å². The molecule has 1 aromatic heterocycles. The number of amides is 2. The van der Waals surface area contributed by atoms with Gasteiger partial charge in [-0.25, -0.2) is 9.59 Å². The van der Waals surface area contributed by atoms with Gasteiger partial charge in [-0.2, -0.15) is 0 Å². The van der Waals surface area contributed by atoms with Crippen LogP contribution in [0.25, 0.3) is 0 Å². The summed E-state index contributed by atoms with van der Waals surface area (Å²) in [5, 5.41) is 14.3. The summed E-state index contributed by atoms with van der Waals surface area (Å²) in [5.41, 5.74) is 0. The third-order valence-corrected chi connectivity index (χ3v) is 4.09. The maximum Gasteiger partial charge on any atom is 0.326 e. The molecule has 2 amide bonds. The number of carbonyl (C=O) groups excluding carboxylic acids is 1. The van der Waals surface area contributed by atoms with Crippen LogP contribution in [0.2, 0.25) is 4.34 Å². The summed E-state index contributed by atoms with van der Waals surface area (Å²) in [7, 11) is 0. The van der Waals surface area contributed by atoms with Gasteiger partial charge in [0.25, 0.3) is 0 Å². The van der Waals surface area contributed by atoms with E-state index in [1.807, 2.05) is 26.8 Å². The molecule has 0 aliphatic heterocycles. The minimum atomic E-state index is -1.03. The van der Waals surface area contributed by atoms with E-state index in [1.165, 1.54) is 11.3 Å². The van der Waals surface area contributed by atoms with Crippen molar-refractivity contribution in [3.05, 3.63) is 21.3 Å². The van der Waals surface area contributed by atoms with Crippen LogP contribution in [0.15, 0.2) is 12.1 Å². The van der Waals surface area contributed by atoms with Crippen molar-refractivity contribution in [3.8, 4) is 0 Å². The van der Waals surface area contributed by atoms with Crippen LogP contribution in [0, 0.1) is 5.92 Å². The third-order valence-electron chi connectivity index (χ3n) is 2.68. The number of urea groups is 1. The number of carbonyl (C=O) groups is 2. The third kappa shape index (κ3) is 5.38. The fraction of sp³-hybridized carbons (Fsp3) is 0.538. The molecule has 0 spiro atoms. The highest BCUT2D eigenvalue weighted by atomic mass is 35.5. The first kappa shape index (κ1) is 16.8. The average molecular weight is 319 g/mol. The van der Waals surface area contributed by atoms with Gasteiger partial charge in [-0.3, -0.25) is 0 Å². The molecule has 0 bridgehead atoms. The zero-order chi connectivity index (χ0) is 15.3. The van der Waals surface area contributed by atoms with Gasteiger partial charge in [0.05, 0.1) is 10.4 Å². The number of hydrogen-bond acceptors (Lipinski definition) is 3. The fourth-order valence-corrected chi connectivity index (χ4v) is 2.78. The molecule has 0 aliphatic rings. The Morgan fingerprint density at radius 3 is 2.40 bits per heavy atom. The van der Waals surface area contributed by atoms with Crippen LogP contribution in [-0.4, -0.2) is 23.1 Å². The van der Waals surface area contributed by atoms with E-state index in [2.05, 4.69) is 10.6 Å². The highest BCUT2D eigenvalue weighted by Gasteiger charge is 2.22. The molecule has 1 aromatic rings. The van der Waals surface area contributed by atoms with Crippen LogP contribution in [-0.2, 0) is 4.79 Å². The minimum Gasteiger partial charge on any atom is -0.480 e. The molecule has 0 fully saturated rings. The van der Waals surface area contributed by atoms with E-state index in [-0.39, 0.29) is 12.0 Å². The van der Waals surface area contributed by atoms with Crippen LogP contribution in [0.1, 0.15) is 38.1 Å². The molecular formula is C13H19ClN2O3S. The lowest BCUT2D eigenvalue weighted by atomic mass is 10.0. The second-order valence-corrected chi connectivity index (χ2v) is 6.75. The van der Waals surface area contributed by atoms with Gasteiger partial charge in [0, 0.05) is 4.88 Å². The Kier molecular flexibility index (Phi) is 6.29. The summed E-state index contributed by atoms with van der Waals surface area (Å²) >= 11 is 7.22. The van der Waals surface area contributed by atoms with Crippen molar-refractivity contribution < 1.29 is 14.7 Å². The van der Waals surface area contributed by atoms with Crippen LogP contribution in [0.5, 0.6) is 0 Å². The minimum absolute atomic E-state index is 0.185. The number of carboxylic acid groups (broad SMARTS) is 1. The van der Waals surface area contributed by atoms with Crippen molar-refractivity contribution >= 4 is 34.9 Å². The van der Waals surface area contributed by atoms with Crippen molar-refractivity contribution in [3.63, 3.8) is 0 Å². The molecule has 5 nitrogen and oxygen atoms in total. The molecule has 7 heteroatoms. The number of carboxylic acids is 1. The van der Waals surface area contributed by atoms with E-state index in [0.717, 1.165) is 4.88 Å². The summed E-state index contributed by atoms with van der Waals surface area (Å²) in [4.78, 5) is 23.8. The maximum atomic E-state index is 11.8. The first-order chi connectivity index (χ1) is 9.29. The normalized spacial score (nSPS) is 13.8. The summed E-state index contributed by atoms with van der Waals surface area (Å²) in [6.45, 7) is 5.64. The van der Waals surface area contributed by atoms with Gasteiger partial charge in [-0.05, 0) is 31.4 Å². The summed E-state index contributed by atoms with van der Waals surface area (Å²) in [6.07, 6.45) is 0.391. The molecule has 0 aromatic carbocycles. The molecule has 1 heterocycles. The van der Waals surface area contributed by atoms with E-state index in [4.69, 9.17) is 16.7 Å². The molecule has 20 heavy (non-hydrogen) atoms. The Bertz CT molecular complexity index is 476. The Morgan fingerprint density at radius 1 is 1.30 bits per heavy atom. The molecule has 0 saturated heterocycles. The van der Waals surface area contributed by atoms with Crippen LogP contribution >= 0.6 is 22.9 Å². The largest absolute Gasteiger partial charge is 0.480 e. The first-order valence-electron chi connectivity index (χ1n) is 6.34. The van der Waals surface area contributed by atoms with Crippen molar-refractivity contribution in [1.29, 1.82) is 0 Å². The number of halogens is 1. The van der Waals surface area contributed by atoms with Gasteiger partial charge in [-0.15, -0.1) is 11.3 Å². The molecule has 0 saturated carbocycles. The van der Waals surface area contributed by atoms with E-state index >= 15 is 0 Å². The fourth-order valence-electron chi connectivity index (χ4n) is 1.72. The highest BCUT2D eigenvalue weighted by Crippen LogP contribution is 2.26. The van der Waals surface area contributed by atoms with E-state index in [0.29, 0.717) is 10.8 Å². The summed E-state index contributed by atoms with van der Waals surface area (Å²) < 4.78 is 0.650. The zero-order valence-corrected chi connectivity index (χ0v) is 13.2. The number of rotatable bonds is 6. The van der Waals surface area contributed by atoms with Gasteiger partial charge >= 0.3 is 12.0 Å². The molecule has 0 aliphatic carbocycles. The second kappa shape index (κ2) is 7.50. The summed E-state index contributed by atoms with van der Waals surface area (Å²) in [5.74, 6) is -0.842. The van der Waals surface area contributed by atoms with Crippen molar-refractivity contribution in [2.75, 3.05) is 0 Å². The van der Waals surface area contributed by atoms with Gasteiger partial charge in [0.1, 0.15) is 6.04 Å². The molecule has 0 radical (unpaired) electrons. The van der Waals surface area contributed by atoms with Gasteiger partial charge in [0.2, 0.25) is 0 Å². The van der Waals surface area contributed by atoms with E-state index in [1.54, 1.807) is 6.07 Å². The standard InChI is InChI=1S/C13H19ClN2O3S/c1-7(2)6-9(12(17)18)16-13(19)15-8(3)10-4-5-11(14)20-10/h4-5,7-9H,6H2,1-3H3,(H,17,18)(H2,15,16,19). The molecule has 1 rings (SSSR count). The lowest BCUT2D eigenvalue weighted by molar-refractivity contribution is -0.139. The van der Waals surface area contributed by atoms with Gasteiger partial charge in [0.15, 0.2) is 0 Å². The topological polar surface area (TPSA) is 78.4 Å². The SMILES string of the molecule is CC(C)CC(NC(=O)NC(C)c1ccc(Cl)s1)C(=O)O. The maximum absolute atomic E-state index is 11.8. The monoisotopic (exact) mass is 318 g/mol.